The van der Waals surface area contributed by atoms with Crippen molar-refractivity contribution in [2.75, 3.05) is 11.9 Å². The zero-order valence-corrected chi connectivity index (χ0v) is 24.5. The van der Waals surface area contributed by atoms with Crippen LogP contribution in [0, 0.1) is 11.3 Å². The van der Waals surface area contributed by atoms with Crippen molar-refractivity contribution in [1.29, 1.82) is 0 Å². The molecular weight excluding hydrogens is 440 g/mol. The summed E-state index contributed by atoms with van der Waals surface area (Å²) < 4.78 is 0. The number of anilines is 1. The molecule has 1 heterocycles. The minimum absolute atomic E-state index is 0.393. The predicted molar refractivity (Wildman–Crippen MR) is 164 cm³/mol. The smallest absolute Gasteiger partial charge is 0.206 e. The first-order chi connectivity index (χ1) is 17.0. The molecule has 4 heteroatoms. The number of fused-ring (bicyclic) bond motifs is 1. The third kappa shape index (κ3) is 13.2. The van der Waals surface area contributed by atoms with Gasteiger partial charge < -0.3 is 15.6 Å². The summed E-state index contributed by atoms with van der Waals surface area (Å²) in [7, 11) is 0. The van der Waals surface area contributed by atoms with Gasteiger partial charge in [-0.15, -0.1) is 6.58 Å². The van der Waals surface area contributed by atoms with Crippen molar-refractivity contribution in [3.63, 3.8) is 0 Å². The summed E-state index contributed by atoms with van der Waals surface area (Å²) in [5, 5.41) is 6.30. The van der Waals surface area contributed by atoms with E-state index < -0.39 is 0 Å². The fourth-order valence-electron chi connectivity index (χ4n) is 3.51. The van der Waals surface area contributed by atoms with Crippen molar-refractivity contribution in [3.8, 4) is 0 Å². The number of H-pyrrole nitrogens is 1. The molecule has 2 rings (SSSR count). The zero-order chi connectivity index (χ0) is 27.7. The van der Waals surface area contributed by atoms with Gasteiger partial charge in [-0.25, -0.2) is 4.98 Å². The number of hydrogen-bond donors (Lipinski definition) is 3. The molecule has 4 nitrogen and oxygen atoms in total. The summed E-state index contributed by atoms with van der Waals surface area (Å²) >= 11 is 0. The van der Waals surface area contributed by atoms with E-state index in [1.807, 2.05) is 33.8 Å². The van der Waals surface area contributed by atoms with Gasteiger partial charge in [0.25, 0.3) is 0 Å². The Bertz CT molecular complexity index is 999. The van der Waals surface area contributed by atoms with Gasteiger partial charge >= 0.3 is 0 Å². The second-order valence-corrected chi connectivity index (χ2v) is 10.0. The molecule has 1 aromatic heterocycles. The summed E-state index contributed by atoms with van der Waals surface area (Å²) in [5.74, 6) is 2.07. The van der Waals surface area contributed by atoms with Crippen LogP contribution in [0.25, 0.3) is 16.6 Å². The van der Waals surface area contributed by atoms with Crippen LogP contribution in [0.15, 0.2) is 73.6 Å². The van der Waals surface area contributed by atoms with E-state index in [0.29, 0.717) is 17.3 Å². The summed E-state index contributed by atoms with van der Waals surface area (Å²) in [5.41, 5.74) is 5.81. The topological polar surface area (TPSA) is 52.7 Å². The second-order valence-electron chi connectivity index (χ2n) is 10.0. The summed E-state index contributed by atoms with van der Waals surface area (Å²) in [4.78, 5) is 7.91. The Labute approximate surface area is 221 Å². The average molecular weight is 493 g/mol. The van der Waals surface area contributed by atoms with E-state index >= 15 is 0 Å². The van der Waals surface area contributed by atoms with E-state index in [1.54, 1.807) is 6.08 Å². The van der Waals surface area contributed by atoms with Crippen LogP contribution in [-0.2, 0) is 0 Å². The molecule has 0 spiro atoms. The molecule has 1 atom stereocenters. The molecule has 36 heavy (non-hydrogen) atoms. The number of rotatable bonds is 11. The normalized spacial score (nSPS) is 12.2. The third-order valence-electron chi connectivity index (χ3n) is 5.28. The summed E-state index contributed by atoms with van der Waals surface area (Å²) in [6.07, 6.45) is 11.7. The van der Waals surface area contributed by atoms with Crippen LogP contribution in [0.2, 0.25) is 0 Å². The van der Waals surface area contributed by atoms with Gasteiger partial charge in [0.1, 0.15) is 0 Å². The molecule has 0 fully saturated rings. The van der Waals surface area contributed by atoms with Gasteiger partial charge in [-0.1, -0.05) is 90.6 Å². The molecule has 0 amide bonds. The molecule has 0 aliphatic heterocycles. The largest absolute Gasteiger partial charge is 0.372 e. The van der Waals surface area contributed by atoms with Gasteiger partial charge in [0, 0.05) is 6.54 Å². The summed E-state index contributed by atoms with van der Waals surface area (Å²) in [6, 6.07) is 6.29. The molecule has 0 aliphatic rings. The van der Waals surface area contributed by atoms with Gasteiger partial charge in [-0.05, 0) is 74.6 Å². The highest BCUT2D eigenvalue weighted by atomic mass is 15.2. The Hall–Kier alpha value is -3.01. The van der Waals surface area contributed by atoms with Gasteiger partial charge in [0.2, 0.25) is 5.95 Å². The van der Waals surface area contributed by atoms with E-state index in [4.69, 9.17) is 0 Å². The maximum absolute atomic E-state index is 4.58. The Kier molecular flexibility index (Phi) is 16.0. The SMILES string of the molecule is C=C(/C=C\C(=C/C)c1ccc2nc(NC(=C)NCC)[nH]c2c1)CC(C)CCC(C)(C)C.C=CC.CC. The van der Waals surface area contributed by atoms with Gasteiger partial charge in [0.15, 0.2) is 0 Å². The van der Waals surface area contributed by atoms with Crippen molar-refractivity contribution in [3.05, 3.63) is 79.2 Å². The Morgan fingerprint density at radius 1 is 1.14 bits per heavy atom. The number of hydrogen-bond acceptors (Lipinski definition) is 3. The highest BCUT2D eigenvalue weighted by molar-refractivity contribution is 5.85. The lowest BCUT2D eigenvalue weighted by Crippen LogP contribution is -2.18. The highest BCUT2D eigenvalue weighted by Gasteiger charge is 2.13. The van der Waals surface area contributed by atoms with Crippen LogP contribution >= 0.6 is 0 Å². The lowest BCUT2D eigenvalue weighted by Gasteiger charge is -2.21. The number of nitrogens with zero attached hydrogens (tertiary/aromatic N) is 1. The lowest BCUT2D eigenvalue weighted by molar-refractivity contribution is 0.330. The molecule has 1 unspecified atom stereocenters. The quantitative estimate of drug-likeness (QED) is 0.216. The minimum atomic E-state index is 0.393. The number of aromatic amines is 1. The van der Waals surface area contributed by atoms with Gasteiger partial charge in [0.05, 0.1) is 16.9 Å². The third-order valence-corrected chi connectivity index (χ3v) is 5.28. The fraction of sp³-hybridized carbons (Fsp3) is 0.469. The number of imidazole rings is 1. The van der Waals surface area contributed by atoms with Gasteiger partial charge in [-0.2, -0.15) is 0 Å². The van der Waals surface area contributed by atoms with E-state index in [0.717, 1.165) is 35.4 Å². The molecule has 0 saturated carbocycles. The van der Waals surface area contributed by atoms with Crippen LogP contribution in [0.1, 0.15) is 87.1 Å². The zero-order valence-electron chi connectivity index (χ0n) is 24.5. The molecule has 3 N–H and O–H groups in total. The van der Waals surface area contributed by atoms with E-state index in [-0.39, 0.29) is 0 Å². The first-order valence-corrected chi connectivity index (χ1v) is 13.3. The fourth-order valence-corrected chi connectivity index (χ4v) is 3.51. The first kappa shape index (κ1) is 33.0. The molecule has 0 bridgehead atoms. The Morgan fingerprint density at radius 2 is 1.78 bits per heavy atom. The molecule has 0 saturated heterocycles. The van der Waals surface area contributed by atoms with Crippen LogP contribution in [0.5, 0.6) is 0 Å². The predicted octanol–water partition coefficient (Wildman–Crippen LogP) is 9.64. The molecule has 200 valence electrons. The molecular formula is C32H52N4. The monoisotopic (exact) mass is 492 g/mol. The minimum Gasteiger partial charge on any atom is -0.372 e. The Morgan fingerprint density at radius 3 is 2.33 bits per heavy atom. The van der Waals surface area contributed by atoms with Crippen molar-refractivity contribution in [2.24, 2.45) is 11.3 Å². The van der Waals surface area contributed by atoms with Crippen molar-refractivity contribution in [2.45, 2.75) is 81.6 Å². The molecule has 0 aliphatic carbocycles. The van der Waals surface area contributed by atoms with Crippen molar-refractivity contribution in [1.82, 2.24) is 15.3 Å². The molecule has 2 aromatic rings. The van der Waals surface area contributed by atoms with E-state index in [9.17, 15) is 0 Å². The van der Waals surface area contributed by atoms with Crippen LogP contribution in [0.4, 0.5) is 5.95 Å². The van der Waals surface area contributed by atoms with Crippen molar-refractivity contribution >= 4 is 22.6 Å². The van der Waals surface area contributed by atoms with Crippen molar-refractivity contribution < 1.29 is 0 Å². The number of nitrogens with one attached hydrogen (secondary N) is 3. The number of aromatic nitrogens is 2. The Balaban J connectivity index is 0.00000227. The standard InChI is InChI=1S/C27H40N4.C3H6.C2H6/c1-9-22(12-11-19(3)17-20(4)15-16-27(6,7)8)23-13-14-24-25(18-23)31-26(30-24)29-21(5)28-10-2;1-3-2;1-2/h9,11-14,18,20,28H,3,5,10,15-17H2,1-2,4,6-8H3,(H2,29,30,31);3H,1H2,2H3;1-2H3/b12-11-,22-9+;;. The lowest BCUT2D eigenvalue weighted by atomic mass is 9.85. The highest BCUT2D eigenvalue weighted by Crippen LogP contribution is 2.27. The first-order valence-electron chi connectivity index (χ1n) is 13.3. The van der Waals surface area contributed by atoms with Crippen LogP contribution in [0.3, 0.4) is 0 Å². The molecule has 1 aromatic carbocycles. The maximum Gasteiger partial charge on any atom is 0.206 e. The summed E-state index contributed by atoms with van der Waals surface area (Å²) in [6.45, 7) is 31.6. The average Bonchev–Trinajstić information content (AvgIpc) is 3.21. The maximum atomic E-state index is 4.58. The second kappa shape index (κ2) is 17.4. The van der Waals surface area contributed by atoms with Gasteiger partial charge in [-0.3, -0.25) is 0 Å². The van der Waals surface area contributed by atoms with E-state index in [2.05, 4.69) is 105 Å². The number of allylic oxidation sites excluding steroid dienone is 6. The van der Waals surface area contributed by atoms with Crippen LogP contribution in [-0.4, -0.2) is 16.5 Å². The van der Waals surface area contributed by atoms with Crippen LogP contribution < -0.4 is 10.6 Å². The van der Waals surface area contributed by atoms with E-state index in [1.165, 1.54) is 24.0 Å². The molecule has 0 radical (unpaired) electrons. The number of benzene rings is 1.